The Morgan fingerprint density at radius 1 is 0.729 bits per heavy atom. The maximum Gasteiger partial charge on any atom is 0.488 e. The molecule has 48 heavy (non-hydrogen) atoms. The number of anilines is 2. The SMILES string of the molecule is O=C(NCCCCNC(=O)Nc1cccc2c(C(=O)C(=O)N3CCN(C(=O)c4ccccc4)CC3)c[nH]c12)Nc1ccc(B(O)O)cc1. The van der Waals surface area contributed by atoms with E-state index >= 15 is 0 Å². The van der Waals surface area contributed by atoms with Crippen molar-refractivity contribution in [2.24, 2.45) is 0 Å². The number of H-pyrrole nitrogens is 1. The predicted molar refractivity (Wildman–Crippen MR) is 181 cm³/mol. The van der Waals surface area contributed by atoms with Gasteiger partial charge in [-0.3, -0.25) is 14.4 Å². The Hall–Kier alpha value is -5.67. The molecule has 1 fully saturated rings. The number of carbonyl (C=O) groups is 5. The number of rotatable bonds is 11. The number of carbonyl (C=O) groups excluding carboxylic acids is 5. The quantitative estimate of drug-likeness (QED) is 0.0554. The molecule has 15 heteroatoms. The standard InChI is InChI=1S/C33H36BN7O7/c42-29(31(44)41-19-17-40(18-20-41)30(43)22-7-2-1-3-8-22)26-21-37-28-25(26)9-6-10-27(28)39-33(46)36-16-5-4-15-35-32(45)38-24-13-11-23(12-14-24)34(47)48/h1-3,6-14,21,37,47-48H,4-5,15-20H2,(H2,35,38,45)(H2,36,39,46). The van der Waals surface area contributed by atoms with Crippen LogP contribution in [-0.4, -0.2) is 101 Å². The second kappa shape index (κ2) is 15.8. The number of nitrogens with zero attached hydrogens (tertiary/aromatic N) is 2. The number of hydrogen-bond donors (Lipinski definition) is 7. The van der Waals surface area contributed by atoms with Crippen LogP contribution >= 0.6 is 0 Å². The molecule has 0 unspecified atom stereocenters. The third-order valence-electron chi connectivity index (χ3n) is 7.92. The van der Waals surface area contributed by atoms with Crippen LogP contribution < -0.4 is 26.7 Å². The van der Waals surface area contributed by atoms with Crippen molar-refractivity contribution < 1.29 is 34.0 Å². The number of piperazine rings is 1. The summed E-state index contributed by atoms with van der Waals surface area (Å²) in [6, 6.07) is 19.2. The van der Waals surface area contributed by atoms with Crippen molar-refractivity contribution in [3.05, 3.63) is 90.1 Å². The highest BCUT2D eigenvalue weighted by Crippen LogP contribution is 2.26. The highest BCUT2D eigenvalue weighted by atomic mass is 16.4. The summed E-state index contributed by atoms with van der Waals surface area (Å²) in [6.45, 7) is 1.86. The molecule has 14 nitrogen and oxygen atoms in total. The first-order valence-electron chi connectivity index (χ1n) is 15.5. The lowest BCUT2D eigenvalue weighted by atomic mass is 9.80. The maximum atomic E-state index is 13.2. The molecule has 0 spiro atoms. The Bertz CT molecular complexity index is 1770. The molecule has 3 aromatic carbocycles. The number of aromatic amines is 1. The smallest absolute Gasteiger partial charge is 0.423 e. The van der Waals surface area contributed by atoms with E-state index in [4.69, 9.17) is 10.0 Å². The molecule has 0 radical (unpaired) electrons. The second-order valence-electron chi connectivity index (χ2n) is 11.2. The van der Waals surface area contributed by atoms with E-state index in [1.54, 1.807) is 59.5 Å². The monoisotopic (exact) mass is 653 g/mol. The molecule has 1 aliphatic heterocycles. The number of fused-ring (bicyclic) bond motifs is 1. The minimum absolute atomic E-state index is 0.112. The van der Waals surface area contributed by atoms with Gasteiger partial charge in [0, 0.05) is 62.1 Å². The van der Waals surface area contributed by atoms with Crippen molar-refractivity contribution in [3.8, 4) is 0 Å². The van der Waals surface area contributed by atoms with E-state index in [9.17, 15) is 24.0 Å². The van der Waals surface area contributed by atoms with E-state index in [1.165, 1.54) is 23.2 Å². The van der Waals surface area contributed by atoms with E-state index in [0.717, 1.165) is 0 Å². The average molecular weight is 654 g/mol. The molecular weight excluding hydrogens is 617 g/mol. The minimum Gasteiger partial charge on any atom is -0.423 e. The van der Waals surface area contributed by atoms with E-state index in [0.29, 0.717) is 72.3 Å². The van der Waals surface area contributed by atoms with Crippen LogP contribution in [0.1, 0.15) is 33.6 Å². The number of Topliss-reactive ketones (excluding diaryl/α,β-unsaturated/α-hetero) is 1. The van der Waals surface area contributed by atoms with Gasteiger partial charge in [0.25, 0.3) is 17.6 Å². The molecule has 0 saturated carbocycles. The highest BCUT2D eigenvalue weighted by molar-refractivity contribution is 6.58. The molecule has 5 rings (SSSR count). The first-order chi connectivity index (χ1) is 23.2. The van der Waals surface area contributed by atoms with Crippen LogP contribution in [0.4, 0.5) is 21.0 Å². The summed E-state index contributed by atoms with van der Waals surface area (Å²) < 4.78 is 0. The van der Waals surface area contributed by atoms with Gasteiger partial charge in [0.1, 0.15) is 0 Å². The zero-order valence-electron chi connectivity index (χ0n) is 26.1. The van der Waals surface area contributed by atoms with Gasteiger partial charge in [-0.1, -0.05) is 42.5 Å². The van der Waals surface area contributed by atoms with Crippen molar-refractivity contribution in [2.45, 2.75) is 12.8 Å². The Kier molecular flexibility index (Phi) is 11.1. The molecule has 0 atom stereocenters. The molecule has 6 amide bonds. The summed E-state index contributed by atoms with van der Waals surface area (Å²) in [4.78, 5) is 69.9. The first-order valence-corrected chi connectivity index (χ1v) is 15.5. The molecule has 4 aromatic rings. The number of benzene rings is 3. The van der Waals surface area contributed by atoms with E-state index < -0.39 is 30.9 Å². The van der Waals surface area contributed by atoms with Crippen molar-refractivity contribution in [1.29, 1.82) is 0 Å². The zero-order chi connectivity index (χ0) is 34.0. The fraction of sp³-hybridized carbons (Fsp3) is 0.242. The lowest BCUT2D eigenvalue weighted by Crippen LogP contribution is -2.52. The summed E-state index contributed by atoms with van der Waals surface area (Å²) >= 11 is 0. The molecule has 7 N–H and O–H groups in total. The van der Waals surface area contributed by atoms with Gasteiger partial charge in [0.05, 0.1) is 16.8 Å². The highest BCUT2D eigenvalue weighted by Gasteiger charge is 2.30. The Balaban J connectivity index is 1.05. The normalized spacial score (nSPS) is 12.7. The fourth-order valence-electron chi connectivity index (χ4n) is 5.32. The van der Waals surface area contributed by atoms with E-state index in [1.807, 2.05) is 6.07 Å². The second-order valence-corrected chi connectivity index (χ2v) is 11.2. The minimum atomic E-state index is -1.58. The summed E-state index contributed by atoms with van der Waals surface area (Å²) in [6.07, 6.45) is 2.66. The van der Waals surface area contributed by atoms with Crippen LogP contribution in [-0.2, 0) is 4.79 Å². The summed E-state index contributed by atoms with van der Waals surface area (Å²) in [5, 5.41) is 29.7. The van der Waals surface area contributed by atoms with Gasteiger partial charge in [-0.15, -0.1) is 0 Å². The zero-order valence-corrected chi connectivity index (χ0v) is 26.1. The average Bonchev–Trinajstić information content (AvgIpc) is 3.55. The molecule has 248 valence electrons. The van der Waals surface area contributed by atoms with Crippen LogP contribution in [0.3, 0.4) is 0 Å². The van der Waals surface area contributed by atoms with Crippen molar-refractivity contribution in [1.82, 2.24) is 25.4 Å². The van der Waals surface area contributed by atoms with Crippen LogP contribution in [0.5, 0.6) is 0 Å². The van der Waals surface area contributed by atoms with Crippen molar-refractivity contribution >= 4 is 64.5 Å². The van der Waals surface area contributed by atoms with Gasteiger partial charge in [0.2, 0.25) is 0 Å². The van der Waals surface area contributed by atoms with Gasteiger partial charge in [0.15, 0.2) is 0 Å². The molecule has 1 aromatic heterocycles. The van der Waals surface area contributed by atoms with Crippen LogP contribution in [0.2, 0.25) is 0 Å². The van der Waals surface area contributed by atoms with Gasteiger partial charge >= 0.3 is 19.2 Å². The predicted octanol–water partition coefficient (Wildman–Crippen LogP) is 1.74. The molecule has 0 aliphatic carbocycles. The van der Waals surface area contributed by atoms with Crippen molar-refractivity contribution in [3.63, 3.8) is 0 Å². The summed E-state index contributed by atoms with van der Waals surface area (Å²) in [7, 11) is -1.58. The number of aromatic nitrogens is 1. The number of nitrogens with one attached hydrogen (secondary N) is 5. The fourth-order valence-corrected chi connectivity index (χ4v) is 5.32. The number of urea groups is 2. The lowest BCUT2D eigenvalue weighted by molar-refractivity contribution is -0.127. The largest absolute Gasteiger partial charge is 0.488 e. The van der Waals surface area contributed by atoms with Gasteiger partial charge in [-0.25, -0.2) is 9.59 Å². The van der Waals surface area contributed by atoms with Gasteiger partial charge in [-0.05, 0) is 48.6 Å². The van der Waals surface area contributed by atoms with Crippen LogP contribution in [0.25, 0.3) is 10.9 Å². The van der Waals surface area contributed by atoms with Gasteiger partial charge < -0.3 is 46.1 Å². The Morgan fingerprint density at radius 3 is 2.00 bits per heavy atom. The van der Waals surface area contributed by atoms with Gasteiger partial charge in [-0.2, -0.15) is 0 Å². The van der Waals surface area contributed by atoms with Crippen LogP contribution in [0.15, 0.2) is 79.0 Å². The number of para-hydroxylation sites is 1. The Morgan fingerprint density at radius 2 is 1.35 bits per heavy atom. The molecule has 2 heterocycles. The number of unbranched alkanes of at least 4 members (excludes halogenated alkanes) is 1. The summed E-state index contributed by atoms with van der Waals surface area (Å²) in [5.74, 6) is -1.44. The summed E-state index contributed by atoms with van der Waals surface area (Å²) in [5.41, 5.74) is 2.52. The van der Waals surface area contributed by atoms with Crippen LogP contribution in [0, 0.1) is 0 Å². The number of hydrogen-bond acceptors (Lipinski definition) is 7. The molecular formula is C33H36BN7O7. The van der Waals surface area contributed by atoms with E-state index in [-0.39, 0.29) is 24.6 Å². The Labute approximate surface area is 276 Å². The third-order valence-corrected chi connectivity index (χ3v) is 7.92. The van der Waals surface area contributed by atoms with Crippen molar-refractivity contribution in [2.75, 3.05) is 49.9 Å². The number of ketones is 1. The molecule has 1 aliphatic rings. The third kappa shape index (κ3) is 8.37. The first kappa shape index (κ1) is 33.7. The maximum absolute atomic E-state index is 13.2. The van der Waals surface area contributed by atoms with E-state index in [2.05, 4.69) is 26.3 Å². The molecule has 0 bridgehead atoms. The lowest BCUT2D eigenvalue weighted by Gasteiger charge is -2.34. The number of amides is 6. The molecule has 1 saturated heterocycles. The topological polar surface area (TPSA) is 196 Å².